The molecular weight excluding hydrogens is 206 g/mol. The van der Waals surface area contributed by atoms with Crippen molar-refractivity contribution in [1.29, 1.82) is 0 Å². The Labute approximate surface area is 108 Å². The molecule has 0 saturated heterocycles. The zero-order valence-electron chi connectivity index (χ0n) is 11.9. The SMILES string of the molecule is CC(C)C1CCCC(NCCC2CCCC2)C1. The highest BCUT2D eigenvalue weighted by Gasteiger charge is 2.24. The Morgan fingerprint density at radius 1 is 1.00 bits per heavy atom. The van der Waals surface area contributed by atoms with Crippen LogP contribution in [0.3, 0.4) is 0 Å². The van der Waals surface area contributed by atoms with Gasteiger partial charge in [0.15, 0.2) is 0 Å². The summed E-state index contributed by atoms with van der Waals surface area (Å²) in [4.78, 5) is 0. The van der Waals surface area contributed by atoms with Gasteiger partial charge < -0.3 is 5.32 Å². The van der Waals surface area contributed by atoms with Crippen molar-refractivity contribution in [2.75, 3.05) is 6.54 Å². The van der Waals surface area contributed by atoms with Crippen molar-refractivity contribution in [3.05, 3.63) is 0 Å². The molecule has 2 saturated carbocycles. The average molecular weight is 237 g/mol. The summed E-state index contributed by atoms with van der Waals surface area (Å²) < 4.78 is 0. The van der Waals surface area contributed by atoms with Crippen LogP contribution in [0.1, 0.15) is 71.6 Å². The maximum atomic E-state index is 3.83. The topological polar surface area (TPSA) is 12.0 Å². The molecule has 1 heteroatoms. The summed E-state index contributed by atoms with van der Waals surface area (Å²) in [5.41, 5.74) is 0. The molecule has 0 amide bonds. The molecule has 2 rings (SSSR count). The van der Waals surface area contributed by atoms with Crippen molar-refractivity contribution in [2.24, 2.45) is 17.8 Å². The van der Waals surface area contributed by atoms with Gasteiger partial charge in [-0.15, -0.1) is 0 Å². The summed E-state index contributed by atoms with van der Waals surface area (Å²) in [7, 11) is 0. The second-order valence-corrected chi connectivity index (χ2v) is 6.76. The second-order valence-electron chi connectivity index (χ2n) is 6.76. The molecule has 0 spiro atoms. The Balaban J connectivity index is 1.61. The standard InChI is InChI=1S/C16H31N/c1-13(2)15-8-5-9-16(12-15)17-11-10-14-6-3-4-7-14/h13-17H,3-12H2,1-2H3. The van der Waals surface area contributed by atoms with Gasteiger partial charge in [-0.3, -0.25) is 0 Å². The molecule has 2 aliphatic carbocycles. The van der Waals surface area contributed by atoms with E-state index in [1.807, 2.05) is 0 Å². The zero-order valence-corrected chi connectivity index (χ0v) is 11.9. The van der Waals surface area contributed by atoms with Gasteiger partial charge in [-0.05, 0) is 43.6 Å². The molecule has 0 aromatic heterocycles. The highest BCUT2D eigenvalue weighted by Crippen LogP contribution is 2.30. The van der Waals surface area contributed by atoms with E-state index in [4.69, 9.17) is 0 Å². The predicted octanol–water partition coefficient (Wildman–Crippen LogP) is 4.37. The largest absolute Gasteiger partial charge is 0.314 e. The van der Waals surface area contributed by atoms with Gasteiger partial charge in [-0.25, -0.2) is 0 Å². The Morgan fingerprint density at radius 2 is 1.76 bits per heavy atom. The van der Waals surface area contributed by atoms with E-state index in [9.17, 15) is 0 Å². The smallest absolute Gasteiger partial charge is 0.00698 e. The molecular formula is C16H31N. The first-order valence-corrected chi connectivity index (χ1v) is 7.99. The van der Waals surface area contributed by atoms with Gasteiger partial charge in [-0.1, -0.05) is 52.4 Å². The van der Waals surface area contributed by atoms with Gasteiger partial charge >= 0.3 is 0 Å². The minimum Gasteiger partial charge on any atom is -0.314 e. The third-order valence-electron chi connectivity index (χ3n) is 5.12. The van der Waals surface area contributed by atoms with Crippen LogP contribution in [-0.2, 0) is 0 Å². The summed E-state index contributed by atoms with van der Waals surface area (Å²) in [6, 6.07) is 0.831. The average Bonchev–Trinajstić information content (AvgIpc) is 2.82. The van der Waals surface area contributed by atoms with Crippen LogP contribution >= 0.6 is 0 Å². The molecule has 2 aliphatic rings. The molecule has 2 atom stereocenters. The van der Waals surface area contributed by atoms with Crippen LogP contribution in [0, 0.1) is 17.8 Å². The first kappa shape index (κ1) is 13.4. The van der Waals surface area contributed by atoms with E-state index in [0.717, 1.165) is 23.8 Å². The van der Waals surface area contributed by atoms with Crippen molar-refractivity contribution >= 4 is 0 Å². The molecule has 0 bridgehead atoms. The van der Waals surface area contributed by atoms with Crippen molar-refractivity contribution in [1.82, 2.24) is 5.32 Å². The lowest BCUT2D eigenvalue weighted by atomic mass is 9.79. The summed E-state index contributed by atoms with van der Waals surface area (Å²) in [6.07, 6.45) is 13.2. The number of hydrogen-bond acceptors (Lipinski definition) is 1. The van der Waals surface area contributed by atoms with Crippen LogP contribution in [0.2, 0.25) is 0 Å². The maximum Gasteiger partial charge on any atom is 0.00698 e. The Morgan fingerprint density at radius 3 is 2.47 bits per heavy atom. The lowest BCUT2D eigenvalue weighted by Gasteiger charge is -2.32. The zero-order chi connectivity index (χ0) is 12.1. The number of hydrogen-bond donors (Lipinski definition) is 1. The fourth-order valence-corrected chi connectivity index (χ4v) is 3.81. The second kappa shape index (κ2) is 6.78. The van der Waals surface area contributed by atoms with Gasteiger partial charge in [0.1, 0.15) is 0 Å². The van der Waals surface area contributed by atoms with Crippen LogP contribution in [0.5, 0.6) is 0 Å². The lowest BCUT2D eigenvalue weighted by Crippen LogP contribution is -2.36. The third kappa shape index (κ3) is 4.28. The molecule has 100 valence electrons. The van der Waals surface area contributed by atoms with Gasteiger partial charge in [0.2, 0.25) is 0 Å². The van der Waals surface area contributed by atoms with E-state index in [0.29, 0.717) is 0 Å². The van der Waals surface area contributed by atoms with Crippen molar-refractivity contribution in [2.45, 2.75) is 77.7 Å². The minimum absolute atomic E-state index is 0.831. The summed E-state index contributed by atoms with van der Waals surface area (Å²) in [5, 5.41) is 3.83. The molecule has 17 heavy (non-hydrogen) atoms. The Hall–Kier alpha value is -0.0400. The van der Waals surface area contributed by atoms with E-state index in [-0.39, 0.29) is 0 Å². The Kier molecular flexibility index (Phi) is 5.34. The van der Waals surface area contributed by atoms with Crippen LogP contribution in [0.4, 0.5) is 0 Å². The first-order chi connectivity index (χ1) is 8.25. The highest BCUT2D eigenvalue weighted by molar-refractivity contribution is 4.80. The van der Waals surface area contributed by atoms with E-state index >= 15 is 0 Å². The molecule has 2 unspecified atom stereocenters. The molecule has 0 radical (unpaired) electrons. The number of nitrogens with one attached hydrogen (secondary N) is 1. The van der Waals surface area contributed by atoms with Crippen molar-refractivity contribution in [3.8, 4) is 0 Å². The first-order valence-electron chi connectivity index (χ1n) is 7.99. The molecule has 1 N–H and O–H groups in total. The van der Waals surface area contributed by atoms with Gasteiger partial charge in [0.05, 0.1) is 0 Å². The lowest BCUT2D eigenvalue weighted by molar-refractivity contribution is 0.229. The van der Waals surface area contributed by atoms with E-state index in [1.54, 1.807) is 0 Å². The fraction of sp³-hybridized carbons (Fsp3) is 1.00. The van der Waals surface area contributed by atoms with Crippen LogP contribution in [-0.4, -0.2) is 12.6 Å². The molecule has 0 aromatic carbocycles. The van der Waals surface area contributed by atoms with Gasteiger partial charge in [0.25, 0.3) is 0 Å². The third-order valence-corrected chi connectivity index (χ3v) is 5.12. The molecule has 0 heterocycles. The maximum absolute atomic E-state index is 3.83. The summed E-state index contributed by atoms with van der Waals surface area (Å²) in [6.45, 7) is 6.07. The predicted molar refractivity (Wildman–Crippen MR) is 75.2 cm³/mol. The van der Waals surface area contributed by atoms with Crippen molar-refractivity contribution in [3.63, 3.8) is 0 Å². The molecule has 2 fully saturated rings. The van der Waals surface area contributed by atoms with Gasteiger partial charge in [-0.2, -0.15) is 0 Å². The molecule has 0 aliphatic heterocycles. The normalized spacial score (nSPS) is 31.2. The number of rotatable bonds is 5. The summed E-state index contributed by atoms with van der Waals surface area (Å²) >= 11 is 0. The molecule has 1 nitrogen and oxygen atoms in total. The fourth-order valence-electron chi connectivity index (χ4n) is 3.81. The monoisotopic (exact) mass is 237 g/mol. The van der Waals surface area contributed by atoms with Gasteiger partial charge in [0, 0.05) is 6.04 Å². The minimum atomic E-state index is 0.831. The quantitative estimate of drug-likeness (QED) is 0.748. The van der Waals surface area contributed by atoms with Crippen LogP contribution in [0.25, 0.3) is 0 Å². The van der Waals surface area contributed by atoms with Crippen molar-refractivity contribution < 1.29 is 0 Å². The Bertz CT molecular complexity index is 206. The van der Waals surface area contributed by atoms with E-state index < -0.39 is 0 Å². The van der Waals surface area contributed by atoms with E-state index in [2.05, 4.69) is 19.2 Å². The van der Waals surface area contributed by atoms with Crippen LogP contribution in [0.15, 0.2) is 0 Å². The summed E-state index contributed by atoms with van der Waals surface area (Å²) in [5.74, 6) is 2.91. The molecule has 0 aromatic rings. The van der Waals surface area contributed by atoms with E-state index in [1.165, 1.54) is 64.3 Å². The highest BCUT2D eigenvalue weighted by atomic mass is 14.9. The van der Waals surface area contributed by atoms with Crippen LogP contribution < -0.4 is 5.32 Å².